The molecule has 0 atom stereocenters. The van der Waals surface area contributed by atoms with Crippen LogP contribution in [0.25, 0.3) is 11.1 Å². The molecular weight excluding hydrogens is 364 g/mol. The lowest BCUT2D eigenvalue weighted by molar-refractivity contribution is -0.119. The number of anilines is 1. The van der Waals surface area contributed by atoms with E-state index >= 15 is 0 Å². The third-order valence-electron chi connectivity index (χ3n) is 4.49. The Balaban J connectivity index is 1.74. The van der Waals surface area contributed by atoms with E-state index in [0.717, 1.165) is 11.1 Å². The number of hydrogen-bond donors (Lipinski definition) is 1. The lowest BCUT2D eigenvalue weighted by atomic mass is 9.96. The van der Waals surface area contributed by atoms with E-state index in [1.165, 1.54) is 0 Å². The second-order valence-electron chi connectivity index (χ2n) is 6.65. The second-order valence-corrected chi connectivity index (χ2v) is 6.65. The van der Waals surface area contributed by atoms with Gasteiger partial charge in [-0.3, -0.25) is 4.79 Å². The van der Waals surface area contributed by atoms with Crippen LogP contribution in [-0.2, 0) is 9.53 Å². The molecule has 1 amide bonds. The Labute approximate surface area is 169 Å². The average molecular weight is 384 g/mol. The van der Waals surface area contributed by atoms with Crippen molar-refractivity contribution in [2.75, 3.05) is 11.9 Å². The van der Waals surface area contributed by atoms with E-state index in [1.807, 2.05) is 32.0 Å². The van der Waals surface area contributed by atoms with E-state index in [0.29, 0.717) is 27.9 Å². The summed E-state index contributed by atoms with van der Waals surface area (Å²) < 4.78 is 5.23. The number of rotatable bonds is 5. The van der Waals surface area contributed by atoms with Gasteiger partial charge in [0.1, 0.15) is 0 Å². The number of hydrogen-bond acceptors (Lipinski definition) is 4. The van der Waals surface area contributed by atoms with Crippen LogP contribution in [0.1, 0.15) is 27.0 Å². The van der Waals surface area contributed by atoms with Crippen LogP contribution in [-0.4, -0.2) is 18.5 Å². The zero-order valence-corrected chi connectivity index (χ0v) is 16.2. The highest BCUT2D eigenvalue weighted by atomic mass is 16.5. The first kappa shape index (κ1) is 19.8. The maximum absolute atomic E-state index is 12.6. The van der Waals surface area contributed by atoms with Gasteiger partial charge < -0.3 is 10.1 Å². The topological polar surface area (TPSA) is 79.2 Å². The summed E-state index contributed by atoms with van der Waals surface area (Å²) in [6.45, 7) is 3.43. The number of esters is 1. The zero-order valence-electron chi connectivity index (χ0n) is 16.2. The molecule has 0 heterocycles. The van der Waals surface area contributed by atoms with Crippen LogP contribution in [0.3, 0.4) is 0 Å². The number of nitrogens with zero attached hydrogens (tertiary/aromatic N) is 1. The Morgan fingerprint density at radius 2 is 1.66 bits per heavy atom. The molecule has 0 fully saturated rings. The molecule has 0 aliphatic carbocycles. The Hall–Kier alpha value is -3.91. The minimum atomic E-state index is -0.621. The van der Waals surface area contributed by atoms with Crippen LogP contribution in [0.5, 0.6) is 0 Å². The van der Waals surface area contributed by atoms with Gasteiger partial charge in [0.15, 0.2) is 6.61 Å². The summed E-state index contributed by atoms with van der Waals surface area (Å²) >= 11 is 0. The summed E-state index contributed by atoms with van der Waals surface area (Å²) in [6.07, 6.45) is 0. The maximum Gasteiger partial charge on any atom is 0.339 e. The number of ether oxygens (including phenoxy) is 1. The van der Waals surface area contributed by atoms with E-state index in [1.54, 1.807) is 48.5 Å². The molecule has 3 aromatic carbocycles. The van der Waals surface area contributed by atoms with Gasteiger partial charge >= 0.3 is 5.97 Å². The number of nitrogens with one attached hydrogen (secondary N) is 1. The van der Waals surface area contributed by atoms with E-state index < -0.39 is 18.5 Å². The van der Waals surface area contributed by atoms with E-state index in [2.05, 4.69) is 11.4 Å². The number of carbonyl (C=O) groups is 2. The van der Waals surface area contributed by atoms with E-state index in [-0.39, 0.29) is 0 Å². The Morgan fingerprint density at radius 3 is 2.41 bits per heavy atom. The molecule has 0 aromatic heterocycles. The molecule has 0 radical (unpaired) electrons. The Bertz CT molecular complexity index is 1110. The molecule has 29 heavy (non-hydrogen) atoms. The summed E-state index contributed by atoms with van der Waals surface area (Å²) in [7, 11) is 0. The molecule has 1 N–H and O–H groups in total. The Kier molecular flexibility index (Phi) is 6.06. The molecule has 144 valence electrons. The van der Waals surface area contributed by atoms with Crippen molar-refractivity contribution in [1.82, 2.24) is 0 Å². The highest BCUT2D eigenvalue weighted by Gasteiger charge is 2.17. The van der Waals surface area contributed by atoms with Crippen LogP contribution >= 0.6 is 0 Å². The lowest BCUT2D eigenvalue weighted by Gasteiger charge is -2.12. The standard InChI is InChI=1S/C24H20N2O3/c1-16-11-12-17(2)22(13-16)26-23(27)15-29-24(28)21-10-6-5-9-20(21)19-8-4-3-7-18(19)14-25/h3-13H,15H2,1-2H3,(H,26,27). The monoisotopic (exact) mass is 384 g/mol. The number of carbonyl (C=O) groups excluding carboxylic acids is 2. The summed E-state index contributed by atoms with van der Waals surface area (Å²) in [4.78, 5) is 24.9. The fraction of sp³-hybridized carbons (Fsp3) is 0.125. The van der Waals surface area contributed by atoms with Crippen LogP contribution in [0.2, 0.25) is 0 Å². The van der Waals surface area contributed by atoms with E-state index in [4.69, 9.17) is 4.74 Å². The normalized spacial score (nSPS) is 10.1. The predicted molar refractivity (Wildman–Crippen MR) is 111 cm³/mol. The van der Waals surface area contributed by atoms with Gasteiger partial charge in [0.2, 0.25) is 0 Å². The van der Waals surface area contributed by atoms with Crippen molar-refractivity contribution in [2.45, 2.75) is 13.8 Å². The van der Waals surface area contributed by atoms with Crippen molar-refractivity contribution in [3.05, 3.63) is 89.0 Å². The number of benzene rings is 3. The molecular formula is C24H20N2O3. The fourth-order valence-electron chi connectivity index (χ4n) is 2.98. The smallest absolute Gasteiger partial charge is 0.339 e. The quantitative estimate of drug-likeness (QED) is 0.650. The summed E-state index contributed by atoms with van der Waals surface area (Å²) in [6, 6.07) is 21.8. The zero-order chi connectivity index (χ0) is 20.8. The molecule has 0 aliphatic heterocycles. The highest BCUT2D eigenvalue weighted by molar-refractivity contribution is 6.00. The van der Waals surface area contributed by atoms with Crippen LogP contribution in [0.15, 0.2) is 66.7 Å². The van der Waals surface area contributed by atoms with Crippen molar-refractivity contribution in [2.24, 2.45) is 0 Å². The van der Waals surface area contributed by atoms with Crippen LogP contribution < -0.4 is 5.32 Å². The minimum Gasteiger partial charge on any atom is -0.452 e. The van der Waals surface area contributed by atoms with Crippen LogP contribution in [0, 0.1) is 25.2 Å². The van der Waals surface area contributed by atoms with Gasteiger partial charge in [-0.1, -0.05) is 48.5 Å². The van der Waals surface area contributed by atoms with Crippen molar-refractivity contribution in [3.63, 3.8) is 0 Å². The molecule has 0 aliphatic rings. The molecule has 5 nitrogen and oxygen atoms in total. The van der Waals surface area contributed by atoms with Crippen LogP contribution in [0.4, 0.5) is 5.69 Å². The third kappa shape index (κ3) is 4.69. The van der Waals surface area contributed by atoms with Gasteiger partial charge in [0.25, 0.3) is 5.91 Å². The van der Waals surface area contributed by atoms with Gasteiger partial charge in [-0.05, 0) is 48.7 Å². The number of nitriles is 1. The lowest BCUT2D eigenvalue weighted by Crippen LogP contribution is -2.21. The van der Waals surface area contributed by atoms with Gasteiger partial charge in [-0.2, -0.15) is 5.26 Å². The predicted octanol–water partition coefficient (Wildman–Crippen LogP) is 4.64. The maximum atomic E-state index is 12.6. The molecule has 0 saturated carbocycles. The molecule has 5 heteroatoms. The largest absolute Gasteiger partial charge is 0.452 e. The summed E-state index contributed by atoms with van der Waals surface area (Å²) in [5, 5.41) is 12.1. The van der Waals surface area contributed by atoms with Crippen molar-refractivity contribution < 1.29 is 14.3 Å². The molecule has 0 bridgehead atoms. The van der Waals surface area contributed by atoms with E-state index in [9.17, 15) is 14.9 Å². The molecule has 0 unspecified atom stereocenters. The Morgan fingerprint density at radius 1 is 0.966 bits per heavy atom. The first-order valence-electron chi connectivity index (χ1n) is 9.12. The van der Waals surface area contributed by atoms with Crippen molar-refractivity contribution in [3.8, 4) is 17.2 Å². The first-order chi connectivity index (χ1) is 14.0. The fourth-order valence-corrected chi connectivity index (χ4v) is 2.98. The summed E-state index contributed by atoms with van der Waals surface area (Å²) in [5.41, 5.74) is 4.62. The van der Waals surface area contributed by atoms with Crippen molar-refractivity contribution >= 4 is 17.6 Å². The minimum absolute atomic E-state index is 0.301. The summed E-state index contributed by atoms with van der Waals surface area (Å²) in [5.74, 6) is -1.04. The second kappa shape index (κ2) is 8.85. The third-order valence-corrected chi connectivity index (χ3v) is 4.49. The van der Waals surface area contributed by atoms with Gasteiger partial charge in [-0.25, -0.2) is 4.79 Å². The molecule has 3 aromatic rings. The van der Waals surface area contributed by atoms with Gasteiger partial charge in [-0.15, -0.1) is 0 Å². The number of amides is 1. The SMILES string of the molecule is Cc1ccc(C)c(NC(=O)COC(=O)c2ccccc2-c2ccccc2C#N)c1. The molecule has 0 spiro atoms. The van der Waals surface area contributed by atoms with Gasteiger partial charge in [0, 0.05) is 11.3 Å². The van der Waals surface area contributed by atoms with Crippen molar-refractivity contribution in [1.29, 1.82) is 5.26 Å². The molecule has 0 saturated heterocycles. The van der Waals surface area contributed by atoms with Gasteiger partial charge in [0.05, 0.1) is 17.2 Å². The highest BCUT2D eigenvalue weighted by Crippen LogP contribution is 2.27. The number of aryl methyl sites for hydroxylation is 2. The first-order valence-corrected chi connectivity index (χ1v) is 9.12. The average Bonchev–Trinajstić information content (AvgIpc) is 2.74. The molecule has 3 rings (SSSR count).